The fourth-order valence-corrected chi connectivity index (χ4v) is 3.89. The summed E-state index contributed by atoms with van der Waals surface area (Å²) in [6.45, 7) is 3.48. The summed E-state index contributed by atoms with van der Waals surface area (Å²) in [5, 5.41) is 20.8. The summed E-state index contributed by atoms with van der Waals surface area (Å²) in [4.78, 5) is 15.0. The van der Waals surface area contributed by atoms with Crippen molar-refractivity contribution in [2.45, 2.75) is 25.8 Å². The van der Waals surface area contributed by atoms with E-state index >= 15 is 0 Å². The smallest absolute Gasteiger partial charge is 0.273 e. The molecule has 0 atom stereocenters. The predicted octanol–water partition coefficient (Wildman–Crippen LogP) is 3.50. The van der Waals surface area contributed by atoms with E-state index in [0.29, 0.717) is 27.7 Å². The van der Waals surface area contributed by atoms with Crippen LogP contribution in [0, 0.1) is 18.3 Å². The van der Waals surface area contributed by atoms with Crippen LogP contribution in [0.25, 0.3) is 5.69 Å². The molecule has 1 N–H and O–H groups in total. The lowest BCUT2D eigenvalue weighted by atomic mass is 10.0. The molecule has 1 aromatic heterocycles. The number of benzene rings is 2. The maximum absolute atomic E-state index is 12.8. The molecule has 3 aromatic rings. The lowest BCUT2D eigenvalue weighted by molar-refractivity contribution is 0.0925. The number of carbonyl (C=O) groups is 1. The maximum Gasteiger partial charge on any atom is 0.273 e. The highest BCUT2D eigenvalue weighted by atomic mass is 35.5. The summed E-state index contributed by atoms with van der Waals surface area (Å²) >= 11 is 6.25. The second kappa shape index (κ2) is 8.56. The molecular formula is C22H21ClN6O. The van der Waals surface area contributed by atoms with Gasteiger partial charge in [0.15, 0.2) is 5.69 Å². The van der Waals surface area contributed by atoms with E-state index in [2.05, 4.69) is 26.6 Å². The summed E-state index contributed by atoms with van der Waals surface area (Å²) in [5.41, 5.74) is 3.40. The molecule has 4 rings (SSSR count). The van der Waals surface area contributed by atoms with Crippen LogP contribution in [0.1, 0.15) is 34.6 Å². The maximum atomic E-state index is 12.8. The molecule has 8 heteroatoms. The standard InChI is InChI=1S/C22H21ClN6O/c1-15-21(26-27-29(15)20-5-3-2-4-19(20)23)22(30)25-17-10-12-28(13-11-17)18-8-6-16(14-24)7-9-18/h2-9,17H,10-13H2,1H3,(H,25,30). The second-order valence-corrected chi connectivity index (χ2v) is 7.69. The Morgan fingerprint density at radius 1 is 1.17 bits per heavy atom. The fraction of sp³-hybridized carbons (Fsp3) is 0.273. The topological polar surface area (TPSA) is 86.8 Å². The summed E-state index contributed by atoms with van der Waals surface area (Å²) < 4.78 is 1.59. The van der Waals surface area contributed by atoms with Crippen LogP contribution in [0.5, 0.6) is 0 Å². The highest BCUT2D eigenvalue weighted by molar-refractivity contribution is 6.32. The number of aromatic nitrogens is 3. The molecule has 30 heavy (non-hydrogen) atoms. The van der Waals surface area contributed by atoms with E-state index in [9.17, 15) is 4.79 Å². The Bertz CT molecular complexity index is 1090. The lowest BCUT2D eigenvalue weighted by Crippen LogP contribution is -2.45. The number of nitrogens with one attached hydrogen (secondary N) is 1. The van der Waals surface area contributed by atoms with Crippen molar-refractivity contribution >= 4 is 23.2 Å². The van der Waals surface area contributed by atoms with Gasteiger partial charge >= 0.3 is 0 Å². The van der Waals surface area contributed by atoms with Gasteiger partial charge in [0.1, 0.15) is 0 Å². The van der Waals surface area contributed by atoms with Crippen molar-refractivity contribution in [1.82, 2.24) is 20.3 Å². The van der Waals surface area contributed by atoms with Crippen LogP contribution in [0.3, 0.4) is 0 Å². The number of nitrogens with zero attached hydrogens (tertiary/aromatic N) is 5. The summed E-state index contributed by atoms with van der Waals surface area (Å²) in [6, 6.07) is 17.1. The first kappa shape index (κ1) is 19.9. The summed E-state index contributed by atoms with van der Waals surface area (Å²) in [7, 11) is 0. The van der Waals surface area contributed by atoms with Crippen molar-refractivity contribution < 1.29 is 4.79 Å². The molecular weight excluding hydrogens is 400 g/mol. The number of carbonyl (C=O) groups excluding carboxylic acids is 1. The molecule has 0 spiro atoms. The second-order valence-electron chi connectivity index (χ2n) is 7.28. The third-order valence-electron chi connectivity index (χ3n) is 5.38. The van der Waals surface area contributed by atoms with Crippen LogP contribution in [-0.4, -0.2) is 40.0 Å². The highest BCUT2D eigenvalue weighted by Crippen LogP contribution is 2.22. The van der Waals surface area contributed by atoms with E-state index in [-0.39, 0.29) is 11.9 Å². The third-order valence-corrected chi connectivity index (χ3v) is 5.70. The third kappa shape index (κ3) is 4.00. The molecule has 0 aliphatic carbocycles. The van der Waals surface area contributed by atoms with Crippen LogP contribution < -0.4 is 10.2 Å². The molecule has 1 amide bonds. The fourth-order valence-electron chi connectivity index (χ4n) is 3.67. The Hall–Kier alpha value is -3.37. The zero-order chi connectivity index (χ0) is 21.1. The first-order chi connectivity index (χ1) is 14.6. The molecule has 1 aliphatic rings. The number of hydrogen-bond donors (Lipinski definition) is 1. The van der Waals surface area contributed by atoms with Gasteiger partial charge in [-0.25, -0.2) is 4.68 Å². The largest absolute Gasteiger partial charge is 0.371 e. The number of para-hydroxylation sites is 1. The van der Waals surface area contributed by atoms with E-state index in [1.54, 1.807) is 10.7 Å². The van der Waals surface area contributed by atoms with Crippen molar-refractivity contribution in [2.24, 2.45) is 0 Å². The number of piperidine rings is 1. The van der Waals surface area contributed by atoms with Gasteiger partial charge in [-0.2, -0.15) is 5.26 Å². The molecule has 2 heterocycles. The Morgan fingerprint density at radius 2 is 1.87 bits per heavy atom. The monoisotopic (exact) mass is 420 g/mol. The van der Waals surface area contributed by atoms with Gasteiger partial charge in [0.2, 0.25) is 0 Å². The van der Waals surface area contributed by atoms with Gasteiger partial charge in [-0.3, -0.25) is 4.79 Å². The molecule has 0 radical (unpaired) electrons. The zero-order valence-corrected chi connectivity index (χ0v) is 17.3. The minimum absolute atomic E-state index is 0.0806. The van der Waals surface area contributed by atoms with Crippen molar-refractivity contribution in [3.63, 3.8) is 0 Å². The van der Waals surface area contributed by atoms with Crippen LogP contribution in [-0.2, 0) is 0 Å². The van der Waals surface area contributed by atoms with Crippen molar-refractivity contribution in [3.05, 3.63) is 70.5 Å². The molecule has 1 aliphatic heterocycles. The minimum atomic E-state index is -0.220. The average molecular weight is 421 g/mol. The van der Waals surface area contributed by atoms with Gasteiger partial charge in [-0.15, -0.1) is 5.10 Å². The van der Waals surface area contributed by atoms with Gasteiger partial charge in [0.25, 0.3) is 5.91 Å². The highest BCUT2D eigenvalue weighted by Gasteiger charge is 2.24. The zero-order valence-electron chi connectivity index (χ0n) is 16.5. The Labute approximate surface area is 179 Å². The lowest BCUT2D eigenvalue weighted by Gasteiger charge is -2.33. The number of hydrogen-bond acceptors (Lipinski definition) is 5. The molecule has 0 unspecified atom stereocenters. The van der Waals surface area contributed by atoms with E-state index in [0.717, 1.165) is 31.6 Å². The van der Waals surface area contributed by atoms with Crippen molar-refractivity contribution in [2.75, 3.05) is 18.0 Å². The van der Waals surface area contributed by atoms with Gasteiger partial charge in [0, 0.05) is 24.8 Å². The Morgan fingerprint density at radius 3 is 2.53 bits per heavy atom. The number of rotatable bonds is 4. The SMILES string of the molecule is Cc1c(C(=O)NC2CCN(c3ccc(C#N)cc3)CC2)nnn1-c1ccccc1Cl. The van der Waals surface area contributed by atoms with Crippen LogP contribution in [0.4, 0.5) is 5.69 Å². The van der Waals surface area contributed by atoms with Crippen LogP contribution >= 0.6 is 11.6 Å². The average Bonchev–Trinajstić information content (AvgIpc) is 3.16. The number of halogens is 1. The minimum Gasteiger partial charge on any atom is -0.371 e. The van der Waals surface area contributed by atoms with Crippen LogP contribution in [0.2, 0.25) is 5.02 Å². The first-order valence-electron chi connectivity index (χ1n) is 9.80. The van der Waals surface area contributed by atoms with E-state index < -0.39 is 0 Å². The number of nitriles is 1. The molecule has 7 nitrogen and oxygen atoms in total. The molecule has 0 bridgehead atoms. The quantitative estimate of drug-likeness (QED) is 0.698. The van der Waals surface area contributed by atoms with Gasteiger partial charge in [-0.1, -0.05) is 28.9 Å². The van der Waals surface area contributed by atoms with E-state index in [1.165, 1.54) is 0 Å². The predicted molar refractivity (Wildman–Crippen MR) is 115 cm³/mol. The number of amides is 1. The molecule has 0 saturated carbocycles. The van der Waals surface area contributed by atoms with Gasteiger partial charge in [0.05, 0.1) is 28.0 Å². The van der Waals surface area contributed by atoms with Gasteiger partial charge < -0.3 is 10.2 Å². The van der Waals surface area contributed by atoms with Crippen molar-refractivity contribution in [1.29, 1.82) is 5.26 Å². The molecule has 2 aromatic carbocycles. The van der Waals surface area contributed by atoms with Crippen LogP contribution in [0.15, 0.2) is 48.5 Å². The number of anilines is 1. The molecule has 1 fully saturated rings. The molecule has 152 valence electrons. The summed E-state index contributed by atoms with van der Waals surface area (Å²) in [5.74, 6) is -0.220. The normalized spacial score (nSPS) is 14.4. The Balaban J connectivity index is 1.38. The molecule has 1 saturated heterocycles. The van der Waals surface area contributed by atoms with Gasteiger partial charge in [-0.05, 0) is 56.2 Å². The summed E-state index contributed by atoms with van der Waals surface area (Å²) in [6.07, 6.45) is 1.67. The Kier molecular flexibility index (Phi) is 5.68. The van der Waals surface area contributed by atoms with Crippen molar-refractivity contribution in [3.8, 4) is 11.8 Å². The van der Waals surface area contributed by atoms with E-state index in [4.69, 9.17) is 16.9 Å². The first-order valence-corrected chi connectivity index (χ1v) is 10.2. The van der Waals surface area contributed by atoms with E-state index in [1.807, 2.05) is 49.4 Å².